The smallest absolute Gasteiger partial charge is 0.273 e. The zero-order valence-electron chi connectivity index (χ0n) is 11.1. The Balaban J connectivity index is 2.19. The number of nitrogens with one attached hydrogen (secondary N) is 1. The Bertz CT molecular complexity index is 614. The van der Waals surface area contributed by atoms with Gasteiger partial charge in [0.2, 0.25) is 0 Å². The van der Waals surface area contributed by atoms with Gasteiger partial charge in [-0.3, -0.25) is 10.1 Å². The van der Waals surface area contributed by atoms with Crippen LogP contribution in [0.2, 0.25) is 5.02 Å². The van der Waals surface area contributed by atoms with Gasteiger partial charge >= 0.3 is 0 Å². The minimum Gasteiger partial charge on any atom is -0.301 e. The summed E-state index contributed by atoms with van der Waals surface area (Å²) in [6, 6.07) is 4.56. The van der Waals surface area contributed by atoms with Crippen molar-refractivity contribution in [3.8, 4) is 0 Å². The molecule has 20 heavy (non-hydrogen) atoms. The lowest BCUT2D eigenvalue weighted by atomic mass is 10.1. The van der Waals surface area contributed by atoms with Crippen molar-refractivity contribution in [2.24, 2.45) is 0 Å². The second-order valence-corrected chi connectivity index (χ2v) is 6.18. The number of rotatable bonds is 5. The van der Waals surface area contributed by atoms with E-state index < -0.39 is 4.92 Å². The molecular formula is C13H14ClN3O2S. The summed E-state index contributed by atoms with van der Waals surface area (Å²) in [5, 5.41) is 17.6. The van der Waals surface area contributed by atoms with Crippen molar-refractivity contribution in [3.05, 3.63) is 55.5 Å². The first-order valence-corrected chi connectivity index (χ1v) is 7.24. The maximum Gasteiger partial charge on any atom is 0.273 e. The molecule has 7 heteroatoms. The summed E-state index contributed by atoms with van der Waals surface area (Å²) in [7, 11) is 0. The van der Waals surface area contributed by atoms with Crippen molar-refractivity contribution in [2.45, 2.75) is 25.9 Å². The molecule has 0 aliphatic rings. The van der Waals surface area contributed by atoms with Gasteiger partial charge in [0.15, 0.2) is 0 Å². The van der Waals surface area contributed by atoms with Gasteiger partial charge in [-0.2, -0.15) is 0 Å². The molecule has 0 fully saturated rings. The minimum absolute atomic E-state index is 0.0665. The van der Waals surface area contributed by atoms with Crippen LogP contribution in [0.1, 0.15) is 24.4 Å². The molecule has 2 rings (SSSR count). The number of nitro groups is 1. The number of hydrogen-bond acceptors (Lipinski definition) is 5. The second kappa shape index (κ2) is 5.87. The Morgan fingerprint density at radius 3 is 2.85 bits per heavy atom. The largest absolute Gasteiger partial charge is 0.301 e. The first-order chi connectivity index (χ1) is 9.40. The molecular weight excluding hydrogens is 298 g/mol. The Labute approximate surface area is 125 Å². The van der Waals surface area contributed by atoms with E-state index >= 15 is 0 Å². The molecule has 0 unspecified atom stereocenters. The fraction of sp³-hybridized carbons (Fsp3) is 0.308. The standard InChI is InChI=1S/C13H14ClN3O2S/c1-13(2,12-15-5-6-20-12)16-8-9-7-10(14)3-4-11(9)17(18)19/h3-7,16H,8H2,1-2H3. The number of benzene rings is 1. The summed E-state index contributed by atoms with van der Waals surface area (Å²) >= 11 is 7.46. The fourth-order valence-corrected chi connectivity index (χ4v) is 2.73. The predicted molar refractivity (Wildman–Crippen MR) is 80.1 cm³/mol. The quantitative estimate of drug-likeness (QED) is 0.675. The van der Waals surface area contributed by atoms with Gasteiger partial charge < -0.3 is 5.32 Å². The first-order valence-electron chi connectivity index (χ1n) is 5.98. The molecule has 0 saturated carbocycles. The Morgan fingerprint density at radius 1 is 1.50 bits per heavy atom. The highest BCUT2D eigenvalue weighted by molar-refractivity contribution is 7.09. The highest BCUT2D eigenvalue weighted by Crippen LogP contribution is 2.26. The first kappa shape index (κ1) is 14.9. The summed E-state index contributed by atoms with van der Waals surface area (Å²) in [4.78, 5) is 14.9. The van der Waals surface area contributed by atoms with Gasteiger partial charge in [-0.15, -0.1) is 11.3 Å². The van der Waals surface area contributed by atoms with E-state index in [-0.39, 0.29) is 11.2 Å². The highest BCUT2D eigenvalue weighted by atomic mass is 35.5. The third-order valence-corrected chi connectivity index (χ3v) is 4.26. The van der Waals surface area contributed by atoms with Crippen molar-refractivity contribution in [1.82, 2.24) is 10.3 Å². The van der Waals surface area contributed by atoms with E-state index in [0.29, 0.717) is 17.1 Å². The van der Waals surface area contributed by atoms with Crippen molar-refractivity contribution in [2.75, 3.05) is 0 Å². The number of thiazole rings is 1. The van der Waals surface area contributed by atoms with E-state index in [2.05, 4.69) is 10.3 Å². The van der Waals surface area contributed by atoms with Gasteiger partial charge in [0.05, 0.1) is 10.5 Å². The maximum absolute atomic E-state index is 11.0. The third-order valence-electron chi connectivity index (χ3n) is 2.93. The lowest BCUT2D eigenvalue weighted by Gasteiger charge is -2.23. The van der Waals surface area contributed by atoms with E-state index in [1.54, 1.807) is 23.6 Å². The molecule has 0 radical (unpaired) electrons. The van der Waals surface area contributed by atoms with Crippen LogP contribution in [0.3, 0.4) is 0 Å². The molecule has 1 heterocycles. The van der Waals surface area contributed by atoms with Crippen LogP contribution in [0.25, 0.3) is 0 Å². The summed E-state index contributed by atoms with van der Waals surface area (Å²) in [6.45, 7) is 4.33. The molecule has 0 saturated heterocycles. The molecule has 1 aromatic carbocycles. The van der Waals surface area contributed by atoms with Crippen molar-refractivity contribution in [1.29, 1.82) is 0 Å². The SMILES string of the molecule is CC(C)(NCc1cc(Cl)ccc1[N+](=O)[O-])c1nccs1. The second-order valence-electron chi connectivity index (χ2n) is 4.85. The van der Waals surface area contributed by atoms with Crippen LogP contribution in [0, 0.1) is 10.1 Å². The molecule has 1 N–H and O–H groups in total. The van der Waals surface area contributed by atoms with E-state index in [1.807, 2.05) is 19.2 Å². The summed E-state index contributed by atoms with van der Waals surface area (Å²) in [5.74, 6) is 0. The van der Waals surface area contributed by atoms with Crippen molar-refractivity contribution < 1.29 is 4.92 Å². The molecule has 1 aromatic heterocycles. The average molecular weight is 312 g/mol. The molecule has 106 valence electrons. The van der Waals surface area contributed by atoms with Gasteiger partial charge in [0.25, 0.3) is 5.69 Å². The summed E-state index contributed by atoms with van der Waals surface area (Å²) in [6.07, 6.45) is 1.74. The number of aromatic nitrogens is 1. The van der Waals surface area contributed by atoms with Crippen LogP contribution in [0.5, 0.6) is 0 Å². The fourth-order valence-electron chi connectivity index (χ4n) is 1.80. The van der Waals surface area contributed by atoms with Gasteiger partial charge in [-0.25, -0.2) is 4.98 Å². The van der Waals surface area contributed by atoms with Gasteiger partial charge in [0, 0.05) is 34.8 Å². The van der Waals surface area contributed by atoms with E-state index in [0.717, 1.165) is 5.01 Å². The van der Waals surface area contributed by atoms with Crippen LogP contribution < -0.4 is 5.32 Å². The number of halogens is 1. The third kappa shape index (κ3) is 3.33. The molecule has 0 bridgehead atoms. The van der Waals surface area contributed by atoms with Crippen LogP contribution in [0.15, 0.2) is 29.8 Å². The Morgan fingerprint density at radius 2 is 2.25 bits per heavy atom. The van der Waals surface area contributed by atoms with Crippen LogP contribution >= 0.6 is 22.9 Å². The average Bonchev–Trinajstić information content (AvgIpc) is 2.90. The Kier molecular flexibility index (Phi) is 4.37. The van der Waals surface area contributed by atoms with Crippen molar-refractivity contribution >= 4 is 28.6 Å². The van der Waals surface area contributed by atoms with Crippen molar-refractivity contribution in [3.63, 3.8) is 0 Å². The molecule has 0 aliphatic carbocycles. The number of nitrogens with zero attached hydrogens (tertiary/aromatic N) is 2. The summed E-state index contributed by atoms with van der Waals surface area (Å²) in [5.41, 5.74) is 0.272. The maximum atomic E-state index is 11.0. The van der Waals surface area contributed by atoms with Gasteiger partial charge in [0.1, 0.15) is 5.01 Å². The molecule has 0 amide bonds. The lowest BCUT2D eigenvalue weighted by molar-refractivity contribution is -0.385. The predicted octanol–water partition coefficient (Wildman–Crippen LogP) is 3.73. The zero-order valence-corrected chi connectivity index (χ0v) is 12.7. The highest BCUT2D eigenvalue weighted by Gasteiger charge is 2.24. The molecule has 2 aromatic rings. The van der Waals surface area contributed by atoms with E-state index in [4.69, 9.17) is 11.6 Å². The zero-order chi connectivity index (χ0) is 14.8. The summed E-state index contributed by atoms with van der Waals surface area (Å²) < 4.78 is 0. The molecule has 0 aliphatic heterocycles. The van der Waals surface area contributed by atoms with E-state index in [9.17, 15) is 10.1 Å². The van der Waals surface area contributed by atoms with Gasteiger partial charge in [-0.05, 0) is 26.0 Å². The topological polar surface area (TPSA) is 68.1 Å². The van der Waals surface area contributed by atoms with Gasteiger partial charge in [-0.1, -0.05) is 11.6 Å². The van der Waals surface area contributed by atoms with Crippen LogP contribution in [0.4, 0.5) is 5.69 Å². The Hall–Kier alpha value is -1.50. The van der Waals surface area contributed by atoms with Crippen LogP contribution in [-0.4, -0.2) is 9.91 Å². The monoisotopic (exact) mass is 311 g/mol. The molecule has 0 spiro atoms. The van der Waals surface area contributed by atoms with Crippen LogP contribution in [-0.2, 0) is 12.1 Å². The number of nitro benzene ring substituents is 1. The number of hydrogen-bond donors (Lipinski definition) is 1. The lowest BCUT2D eigenvalue weighted by Crippen LogP contribution is -2.36. The van der Waals surface area contributed by atoms with E-state index in [1.165, 1.54) is 12.1 Å². The molecule has 0 atom stereocenters. The normalized spacial score (nSPS) is 11.6. The molecule has 5 nitrogen and oxygen atoms in total. The minimum atomic E-state index is -0.399.